The van der Waals surface area contributed by atoms with Gasteiger partial charge >= 0.3 is 5.97 Å². The second-order valence-corrected chi connectivity index (χ2v) is 6.29. The lowest BCUT2D eigenvalue weighted by Gasteiger charge is -2.23. The van der Waals surface area contributed by atoms with Crippen LogP contribution in [0.5, 0.6) is 0 Å². The number of hydrogen-bond acceptors (Lipinski definition) is 3. The van der Waals surface area contributed by atoms with Crippen molar-refractivity contribution >= 4 is 22.8 Å². The van der Waals surface area contributed by atoms with E-state index in [1.165, 1.54) is 5.56 Å². The Labute approximate surface area is 140 Å². The number of H-pyrrole nitrogens is 1. The van der Waals surface area contributed by atoms with Crippen molar-refractivity contribution in [3.63, 3.8) is 0 Å². The van der Waals surface area contributed by atoms with Gasteiger partial charge in [0.15, 0.2) is 5.60 Å². The lowest BCUT2D eigenvalue weighted by atomic mass is 10.0. The summed E-state index contributed by atoms with van der Waals surface area (Å²) in [7, 11) is 0. The van der Waals surface area contributed by atoms with E-state index in [-0.39, 0.29) is 12.5 Å². The van der Waals surface area contributed by atoms with Crippen LogP contribution in [-0.4, -0.2) is 40.7 Å². The third kappa shape index (κ3) is 2.78. The van der Waals surface area contributed by atoms with Crippen LogP contribution < -0.4 is 5.32 Å². The quantitative estimate of drug-likeness (QED) is 0.785. The van der Waals surface area contributed by atoms with E-state index in [1.807, 2.05) is 19.1 Å². The summed E-state index contributed by atoms with van der Waals surface area (Å²) in [6, 6.07) is 6.08. The molecule has 1 aromatic carbocycles. The van der Waals surface area contributed by atoms with Crippen molar-refractivity contribution < 1.29 is 19.4 Å². The molecule has 0 bridgehead atoms. The van der Waals surface area contributed by atoms with E-state index in [9.17, 15) is 14.7 Å². The van der Waals surface area contributed by atoms with Crippen molar-refractivity contribution in [2.24, 2.45) is 0 Å². The van der Waals surface area contributed by atoms with Crippen LogP contribution in [0.2, 0.25) is 0 Å². The van der Waals surface area contributed by atoms with Crippen LogP contribution in [-0.2, 0) is 16.0 Å². The summed E-state index contributed by atoms with van der Waals surface area (Å²) < 4.78 is 5.38. The number of hydrogen-bond donors (Lipinski definition) is 3. The zero-order valence-electron chi connectivity index (χ0n) is 13.9. The normalized spacial score (nSPS) is 20.4. The fraction of sp³-hybridized carbons (Fsp3) is 0.444. The summed E-state index contributed by atoms with van der Waals surface area (Å²) in [6.07, 6.45) is 2.03. The molecule has 6 nitrogen and oxygen atoms in total. The Kier molecular flexibility index (Phi) is 4.32. The van der Waals surface area contributed by atoms with E-state index < -0.39 is 11.6 Å². The summed E-state index contributed by atoms with van der Waals surface area (Å²) in [5.74, 6) is -1.33. The third-order valence-corrected chi connectivity index (χ3v) is 4.79. The molecule has 2 aromatic rings. The number of aliphatic carboxylic acids is 1. The van der Waals surface area contributed by atoms with Gasteiger partial charge in [-0.15, -0.1) is 0 Å². The first-order chi connectivity index (χ1) is 11.5. The molecule has 6 heteroatoms. The number of carbonyl (C=O) groups excluding carboxylic acids is 1. The highest BCUT2D eigenvalue weighted by atomic mass is 16.5. The van der Waals surface area contributed by atoms with E-state index >= 15 is 0 Å². The molecule has 1 aliphatic rings. The van der Waals surface area contributed by atoms with Gasteiger partial charge < -0.3 is 20.1 Å². The van der Waals surface area contributed by atoms with Gasteiger partial charge in [-0.05, 0) is 49.4 Å². The van der Waals surface area contributed by atoms with Crippen molar-refractivity contribution in [3.8, 4) is 0 Å². The monoisotopic (exact) mass is 330 g/mol. The number of carboxylic acids is 1. The average Bonchev–Trinajstić information content (AvgIpc) is 3.18. The second kappa shape index (κ2) is 6.28. The van der Waals surface area contributed by atoms with E-state index in [0.29, 0.717) is 25.1 Å². The molecule has 1 atom stereocenters. The molecule has 1 aliphatic heterocycles. The number of ether oxygens (including phenoxy) is 1. The molecule has 0 spiro atoms. The molecular formula is C18H22N2O4. The molecule has 2 heterocycles. The highest BCUT2D eigenvalue weighted by molar-refractivity contribution is 6.01. The van der Waals surface area contributed by atoms with Crippen molar-refractivity contribution in [2.75, 3.05) is 13.2 Å². The average molecular weight is 330 g/mol. The molecule has 1 fully saturated rings. The van der Waals surface area contributed by atoms with Crippen LogP contribution in [0.1, 0.15) is 41.4 Å². The second-order valence-electron chi connectivity index (χ2n) is 6.29. The number of aromatic amines is 1. The number of fused-ring (bicyclic) bond motifs is 1. The Morgan fingerprint density at radius 2 is 2.21 bits per heavy atom. The molecule has 1 unspecified atom stereocenters. The molecule has 3 rings (SSSR count). The zero-order valence-corrected chi connectivity index (χ0v) is 13.9. The van der Waals surface area contributed by atoms with Gasteiger partial charge in [-0.3, -0.25) is 4.79 Å². The topological polar surface area (TPSA) is 91.4 Å². The fourth-order valence-electron chi connectivity index (χ4n) is 3.21. The lowest BCUT2D eigenvalue weighted by Crippen LogP contribution is -2.48. The smallest absolute Gasteiger partial charge is 0.337 e. The first kappa shape index (κ1) is 16.5. The first-order valence-electron chi connectivity index (χ1n) is 8.23. The van der Waals surface area contributed by atoms with Crippen molar-refractivity contribution in [1.29, 1.82) is 0 Å². The number of aromatic nitrogens is 1. The number of amides is 1. The van der Waals surface area contributed by atoms with Gasteiger partial charge in [-0.25, -0.2) is 4.79 Å². The largest absolute Gasteiger partial charge is 0.479 e. The molecule has 3 N–H and O–H groups in total. The molecule has 0 aliphatic carbocycles. The maximum atomic E-state index is 12.5. The van der Waals surface area contributed by atoms with Gasteiger partial charge in [-0.2, -0.15) is 0 Å². The van der Waals surface area contributed by atoms with Gasteiger partial charge in [0, 0.05) is 17.5 Å². The van der Waals surface area contributed by atoms with E-state index in [0.717, 1.165) is 22.9 Å². The number of carbonyl (C=O) groups is 2. The standard InChI is InChI=1S/C18H22N2O4/c1-3-12-5-6-14-13(9-12)11(2)15(20-14)16(21)19-10-18(17(22)23)7-4-8-24-18/h5-6,9,20H,3-4,7-8,10H2,1-2H3,(H,19,21)(H,22,23). The maximum Gasteiger partial charge on any atom is 0.337 e. The highest BCUT2D eigenvalue weighted by Gasteiger charge is 2.43. The Morgan fingerprint density at radius 1 is 1.42 bits per heavy atom. The fourth-order valence-corrected chi connectivity index (χ4v) is 3.21. The molecule has 128 valence electrons. The summed E-state index contributed by atoms with van der Waals surface area (Å²) in [4.78, 5) is 27.1. The summed E-state index contributed by atoms with van der Waals surface area (Å²) in [5.41, 5.74) is 2.15. The minimum atomic E-state index is -1.30. The minimum Gasteiger partial charge on any atom is -0.479 e. The first-order valence-corrected chi connectivity index (χ1v) is 8.23. The number of benzene rings is 1. The predicted molar refractivity (Wildman–Crippen MR) is 90.3 cm³/mol. The van der Waals surface area contributed by atoms with Crippen LogP contribution >= 0.6 is 0 Å². The van der Waals surface area contributed by atoms with Crippen molar-refractivity contribution in [3.05, 3.63) is 35.0 Å². The van der Waals surface area contributed by atoms with Crippen LogP contribution in [0.4, 0.5) is 0 Å². The molecule has 24 heavy (non-hydrogen) atoms. The lowest BCUT2D eigenvalue weighted by molar-refractivity contribution is -0.159. The third-order valence-electron chi connectivity index (χ3n) is 4.79. The van der Waals surface area contributed by atoms with Gasteiger partial charge in [0.1, 0.15) is 5.69 Å². The van der Waals surface area contributed by atoms with E-state index in [2.05, 4.69) is 23.3 Å². The molecule has 0 saturated carbocycles. The summed E-state index contributed by atoms with van der Waals surface area (Å²) >= 11 is 0. The molecule has 0 radical (unpaired) electrons. The number of carboxylic acid groups (broad SMARTS) is 1. The Balaban J connectivity index is 1.81. The SMILES string of the molecule is CCc1ccc2[nH]c(C(=O)NCC3(C(=O)O)CCCO3)c(C)c2c1. The zero-order chi connectivity index (χ0) is 17.3. The molecule has 1 saturated heterocycles. The summed E-state index contributed by atoms with van der Waals surface area (Å²) in [6.45, 7) is 4.36. The van der Waals surface area contributed by atoms with Crippen LogP contribution in [0.15, 0.2) is 18.2 Å². The van der Waals surface area contributed by atoms with E-state index in [4.69, 9.17) is 4.74 Å². The molecule has 1 aromatic heterocycles. The van der Waals surface area contributed by atoms with Crippen molar-refractivity contribution in [2.45, 2.75) is 38.7 Å². The van der Waals surface area contributed by atoms with Gasteiger partial charge in [-0.1, -0.05) is 13.0 Å². The Morgan fingerprint density at radius 3 is 2.83 bits per heavy atom. The van der Waals surface area contributed by atoms with Crippen LogP contribution in [0, 0.1) is 6.92 Å². The minimum absolute atomic E-state index is 0.0316. The predicted octanol–water partition coefficient (Wildman–Crippen LogP) is 2.40. The maximum absolute atomic E-state index is 12.5. The van der Waals surface area contributed by atoms with Crippen molar-refractivity contribution in [1.82, 2.24) is 10.3 Å². The number of aryl methyl sites for hydroxylation is 2. The molecular weight excluding hydrogens is 308 g/mol. The van der Waals surface area contributed by atoms with Gasteiger partial charge in [0.2, 0.25) is 0 Å². The van der Waals surface area contributed by atoms with Gasteiger partial charge in [0.25, 0.3) is 5.91 Å². The molecule has 1 amide bonds. The Hall–Kier alpha value is -2.34. The highest BCUT2D eigenvalue weighted by Crippen LogP contribution is 2.26. The van der Waals surface area contributed by atoms with Gasteiger partial charge in [0.05, 0.1) is 6.54 Å². The number of nitrogens with one attached hydrogen (secondary N) is 2. The summed E-state index contributed by atoms with van der Waals surface area (Å²) in [5, 5.41) is 13.1. The van der Waals surface area contributed by atoms with Crippen LogP contribution in [0.3, 0.4) is 0 Å². The van der Waals surface area contributed by atoms with Crippen LogP contribution in [0.25, 0.3) is 10.9 Å². The number of rotatable bonds is 5. The van der Waals surface area contributed by atoms with E-state index in [1.54, 1.807) is 0 Å². The Bertz CT molecular complexity index is 788.